The predicted octanol–water partition coefficient (Wildman–Crippen LogP) is 3.30. The number of methoxy groups -OCH3 is 1. The molecule has 0 radical (unpaired) electrons. The summed E-state index contributed by atoms with van der Waals surface area (Å²) in [4.78, 5) is 24.8. The molecule has 1 amide bonds. The Balaban J connectivity index is 1.52. The molecule has 36 heavy (non-hydrogen) atoms. The number of carbonyl (C=O) groups excluding carboxylic acids is 1. The smallest absolute Gasteiger partial charge is 0.410 e. The van der Waals surface area contributed by atoms with Gasteiger partial charge in [0.1, 0.15) is 28.1 Å². The summed E-state index contributed by atoms with van der Waals surface area (Å²) in [6.07, 6.45) is 0.636. The van der Waals surface area contributed by atoms with Crippen LogP contribution in [0.5, 0.6) is 11.5 Å². The molecule has 1 saturated heterocycles. The van der Waals surface area contributed by atoms with Crippen LogP contribution >= 0.6 is 0 Å². The van der Waals surface area contributed by atoms with Crippen LogP contribution in [0.1, 0.15) is 43.1 Å². The zero-order valence-electron chi connectivity index (χ0n) is 20.8. The molecule has 3 rings (SSSR count). The standard InChI is InChI=1S/C25H32N2O8S/c1-25(2,3)35-24(30)27-14-12-20(16-27)34-19-8-5-17(6-9-19)11-13-26-36(31,32)22-15-18(23(28)29)7-10-21(22)33-4/h5-10,15,20,26H,11-14,16H2,1-4H3,(H,28,29)/t20-/m0/s1. The second-order valence-electron chi connectivity index (χ2n) is 9.42. The summed E-state index contributed by atoms with van der Waals surface area (Å²) < 4.78 is 44.4. The molecule has 10 nitrogen and oxygen atoms in total. The van der Waals surface area contributed by atoms with Crippen molar-refractivity contribution in [1.29, 1.82) is 0 Å². The zero-order valence-corrected chi connectivity index (χ0v) is 21.6. The lowest BCUT2D eigenvalue weighted by Crippen LogP contribution is -2.36. The van der Waals surface area contributed by atoms with E-state index in [4.69, 9.17) is 19.3 Å². The Morgan fingerprint density at radius 3 is 2.44 bits per heavy atom. The molecule has 2 N–H and O–H groups in total. The van der Waals surface area contributed by atoms with Gasteiger partial charge >= 0.3 is 12.1 Å². The van der Waals surface area contributed by atoms with E-state index in [1.54, 1.807) is 17.0 Å². The Morgan fingerprint density at radius 1 is 1.14 bits per heavy atom. The third kappa shape index (κ3) is 7.34. The van der Waals surface area contributed by atoms with Gasteiger partial charge in [-0.25, -0.2) is 22.7 Å². The number of aromatic carboxylic acids is 1. The lowest BCUT2D eigenvalue weighted by atomic mass is 10.1. The van der Waals surface area contributed by atoms with Crippen LogP contribution in [0.2, 0.25) is 0 Å². The van der Waals surface area contributed by atoms with Crippen LogP contribution in [0.3, 0.4) is 0 Å². The van der Waals surface area contributed by atoms with E-state index in [1.807, 2.05) is 32.9 Å². The quantitative estimate of drug-likeness (QED) is 0.515. The first-order valence-electron chi connectivity index (χ1n) is 11.5. The van der Waals surface area contributed by atoms with Crippen molar-refractivity contribution in [3.8, 4) is 11.5 Å². The number of ether oxygens (including phenoxy) is 3. The van der Waals surface area contributed by atoms with Gasteiger partial charge in [0.2, 0.25) is 10.0 Å². The normalized spacial score (nSPS) is 16.0. The SMILES string of the molecule is COc1ccc(C(=O)O)cc1S(=O)(=O)NCCc1ccc(O[C@H]2CCN(C(=O)OC(C)(C)C)C2)cc1. The monoisotopic (exact) mass is 520 g/mol. The third-order valence-corrected chi connectivity index (χ3v) is 6.91. The molecule has 0 bridgehead atoms. The first-order chi connectivity index (χ1) is 16.9. The van der Waals surface area contributed by atoms with Crippen LogP contribution in [0.25, 0.3) is 0 Å². The molecule has 0 aromatic heterocycles. The number of benzene rings is 2. The molecule has 0 saturated carbocycles. The molecule has 1 aliphatic heterocycles. The highest BCUT2D eigenvalue weighted by molar-refractivity contribution is 7.89. The Labute approximate surface area is 211 Å². The molecule has 1 heterocycles. The Kier molecular flexibility index (Phi) is 8.47. The summed E-state index contributed by atoms with van der Waals surface area (Å²) in [5.41, 5.74) is 0.190. The van der Waals surface area contributed by atoms with Crippen LogP contribution in [0.4, 0.5) is 4.79 Å². The highest BCUT2D eigenvalue weighted by atomic mass is 32.2. The number of hydrogen-bond acceptors (Lipinski definition) is 7. The molecule has 196 valence electrons. The molecule has 2 aromatic carbocycles. The van der Waals surface area contributed by atoms with Gasteiger partial charge in [0.25, 0.3) is 0 Å². The van der Waals surface area contributed by atoms with E-state index in [-0.39, 0.29) is 35.0 Å². The fourth-order valence-electron chi connectivity index (χ4n) is 3.67. The number of nitrogens with zero attached hydrogens (tertiary/aromatic N) is 1. The number of likely N-dealkylation sites (tertiary alicyclic amines) is 1. The number of hydrogen-bond donors (Lipinski definition) is 2. The first kappa shape index (κ1) is 27.3. The second kappa shape index (κ2) is 11.2. The van der Waals surface area contributed by atoms with Crippen molar-refractivity contribution in [2.24, 2.45) is 0 Å². The Morgan fingerprint density at radius 2 is 1.83 bits per heavy atom. The first-order valence-corrected chi connectivity index (χ1v) is 13.0. The zero-order chi connectivity index (χ0) is 26.5. The maximum Gasteiger partial charge on any atom is 0.410 e. The third-order valence-electron chi connectivity index (χ3n) is 5.43. The summed E-state index contributed by atoms with van der Waals surface area (Å²) >= 11 is 0. The van der Waals surface area contributed by atoms with Crippen molar-refractivity contribution in [2.75, 3.05) is 26.7 Å². The van der Waals surface area contributed by atoms with E-state index >= 15 is 0 Å². The van der Waals surface area contributed by atoms with E-state index < -0.39 is 21.6 Å². The van der Waals surface area contributed by atoms with Crippen LogP contribution in [-0.4, -0.2) is 68.9 Å². The Bertz CT molecular complexity index is 1190. The maximum atomic E-state index is 12.7. The van der Waals surface area contributed by atoms with E-state index in [2.05, 4.69) is 4.72 Å². The van der Waals surface area contributed by atoms with E-state index in [9.17, 15) is 18.0 Å². The minimum atomic E-state index is -3.98. The van der Waals surface area contributed by atoms with Gasteiger partial charge in [-0.3, -0.25) is 0 Å². The molecule has 0 aliphatic carbocycles. The molecule has 11 heteroatoms. The average molecular weight is 521 g/mol. The molecule has 0 spiro atoms. The van der Waals surface area contributed by atoms with Gasteiger partial charge in [-0.05, 0) is 63.1 Å². The van der Waals surface area contributed by atoms with Crippen molar-refractivity contribution in [1.82, 2.24) is 9.62 Å². The molecular formula is C25H32N2O8S. The topological polar surface area (TPSA) is 131 Å². The van der Waals surface area contributed by atoms with Gasteiger partial charge in [0.05, 0.1) is 19.2 Å². The van der Waals surface area contributed by atoms with Crippen LogP contribution < -0.4 is 14.2 Å². The van der Waals surface area contributed by atoms with Crippen molar-refractivity contribution in [3.63, 3.8) is 0 Å². The number of amides is 1. The van der Waals surface area contributed by atoms with Crippen molar-refractivity contribution < 1.29 is 37.3 Å². The number of carbonyl (C=O) groups is 2. The van der Waals surface area contributed by atoms with Gasteiger partial charge in [-0.2, -0.15) is 0 Å². The fourth-order valence-corrected chi connectivity index (χ4v) is 4.90. The average Bonchev–Trinajstić information content (AvgIpc) is 3.27. The predicted molar refractivity (Wildman–Crippen MR) is 132 cm³/mol. The lowest BCUT2D eigenvalue weighted by molar-refractivity contribution is 0.0275. The van der Waals surface area contributed by atoms with Crippen molar-refractivity contribution >= 4 is 22.1 Å². The number of nitrogens with one attached hydrogen (secondary N) is 1. The molecule has 2 aromatic rings. The van der Waals surface area contributed by atoms with Gasteiger partial charge in [-0.1, -0.05) is 12.1 Å². The van der Waals surface area contributed by atoms with Crippen LogP contribution in [0, 0.1) is 0 Å². The van der Waals surface area contributed by atoms with Gasteiger partial charge in [0, 0.05) is 19.5 Å². The molecule has 1 atom stereocenters. The molecule has 1 fully saturated rings. The van der Waals surface area contributed by atoms with Crippen LogP contribution in [0.15, 0.2) is 47.4 Å². The van der Waals surface area contributed by atoms with Crippen molar-refractivity contribution in [2.45, 2.75) is 50.2 Å². The van der Waals surface area contributed by atoms with E-state index in [0.29, 0.717) is 31.7 Å². The number of carboxylic acid groups (broad SMARTS) is 1. The highest BCUT2D eigenvalue weighted by Crippen LogP contribution is 2.25. The fraction of sp³-hybridized carbons (Fsp3) is 0.440. The van der Waals surface area contributed by atoms with Crippen LogP contribution in [-0.2, 0) is 21.2 Å². The number of rotatable bonds is 9. The van der Waals surface area contributed by atoms with Crippen molar-refractivity contribution in [3.05, 3.63) is 53.6 Å². The lowest BCUT2D eigenvalue weighted by Gasteiger charge is -2.24. The van der Waals surface area contributed by atoms with Gasteiger partial charge in [-0.15, -0.1) is 0 Å². The number of sulfonamides is 1. The van der Waals surface area contributed by atoms with Gasteiger partial charge in [0.15, 0.2) is 0 Å². The largest absolute Gasteiger partial charge is 0.495 e. The molecule has 0 unspecified atom stereocenters. The van der Waals surface area contributed by atoms with E-state index in [0.717, 1.165) is 11.6 Å². The maximum absolute atomic E-state index is 12.7. The second-order valence-corrected chi connectivity index (χ2v) is 11.2. The summed E-state index contributed by atoms with van der Waals surface area (Å²) in [6, 6.07) is 11.0. The van der Waals surface area contributed by atoms with E-state index in [1.165, 1.54) is 19.2 Å². The summed E-state index contributed by atoms with van der Waals surface area (Å²) in [7, 11) is -2.66. The van der Waals surface area contributed by atoms with Gasteiger partial charge < -0.3 is 24.2 Å². The summed E-state index contributed by atoms with van der Waals surface area (Å²) in [5.74, 6) is -0.511. The molecular weight excluding hydrogens is 488 g/mol. The minimum absolute atomic E-state index is 0.0612. The Hall–Kier alpha value is -3.31. The number of carboxylic acids is 1. The summed E-state index contributed by atoms with van der Waals surface area (Å²) in [5, 5.41) is 9.16. The highest BCUT2D eigenvalue weighted by Gasteiger charge is 2.31. The summed E-state index contributed by atoms with van der Waals surface area (Å²) in [6.45, 7) is 6.61. The molecule has 1 aliphatic rings. The minimum Gasteiger partial charge on any atom is -0.495 e.